The van der Waals surface area contributed by atoms with Crippen LogP contribution in [0.4, 0.5) is 36.3 Å². The summed E-state index contributed by atoms with van der Waals surface area (Å²) in [4.78, 5) is 28.4. The molecule has 2 aromatic carbocycles. The summed E-state index contributed by atoms with van der Waals surface area (Å²) in [7, 11) is 2.09. The van der Waals surface area contributed by atoms with Crippen molar-refractivity contribution >= 4 is 29.0 Å². The van der Waals surface area contributed by atoms with Crippen LogP contribution in [0, 0.1) is 6.92 Å². The van der Waals surface area contributed by atoms with Crippen molar-refractivity contribution < 1.29 is 18.0 Å². The fourth-order valence-electron chi connectivity index (χ4n) is 4.31. The number of piperazine rings is 1. The van der Waals surface area contributed by atoms with Crippen molar-refractivity contribution in [2.24, 2.45) is 0 Å². The van der Waals surface area contributed by atoms with Gasteiger partial charge in [-0.15, -0.1) is 0 Å². The Bertz CT molecular complexity index is 1500. The number of aromatic nitrogens is 4. The van der Waals surface area contributed by atoms with Crippen LogP contribution in [-0.4, -0.2) is 68.6 Å². The zero-order chi connectivity index (χ0) is 28.3. The largest absolute Gasteiger partial charge is 0.416 e. The van der Waals surface area contributed by atoms with Gasteiger partial charge in [0, 0.05) is 61.6 Å². The minimum Gasteiger partial charge on any atom is -0.325 e. The topological polar surface area (TPSA) is 103 Å². The predicted octanol–water partition coefficient (Wildman–Crippen LogP) is 4.56. The average molecular weight is 552 g/mol. The van der Waals surface area contributed by atoms with E-state index in [1.807, 2.05) is 6.07 Å². The molecule has 1 aliphatic rings. The SMILES string of the molecule is Cc1c(Nc2nccn2-c2cc(NN3CCN(C)CC3)ncn2)cccc1C(=O)Nc1cccc(C(F)(F)F)c1. The molecule has 1 aliphatic heterocycles. The summed E-state index contributed by atoms with van der Waals surface area (Å²) in [5, 5.41) is 7.91. The van der Waals surface area contributed by atoms with Gasteiger partial charge >= 0.3 is 6.18 Å². The maximum Gasteiger partial charge on any atom is 0.416 e. The summed E-state index contributed by atoms with van der Waals surface area (Å²) in [6.45, 7) is 5.39. The van der Waals surface area contributed by atoms with Gasteiger partial charge in [-0.25, -0.2) is 20.0 Å². The van der Waals surface area contributed by atoms with Crippen LogP contribution in [0.3, 0.4) is 0 Å². The molecule has 0 aliphatic carbocycles. The number of nitrogens with one attached hydrogen (secondary N) is 3. The highest BCUT2D eigenvalue weighted by molar-refractivity contribution is 6.06. The van der Waals surface area contributed by atoms with Gasteiger partial charge in [-0.05, 0) is 49.9 Å². The van der Waals surface area contributed by atoms with Crippen molar-refractivity contribution in [3.63, 3.8) is 0 Å². The van der Waals surface area contributed by atoms with E-state index in [2.05, 4.69) is 48.0 Å². The van der Waals surface area contributed by atoms with E-state index >= 15 is 0 Å². The summed E-state index contributed by atoms with van der Waals surface area (Å²) < 4.78 is 41.0. The lowest BCUT2D eigenvalue weighted by atomic mass is 10.1. The number of nitrogens with zero attached hydrogens (tertiary/aromatic N) is 6. The van der Waals surface area contributed by atoms with Crippen molar-refractivity contribution in [3.8, 4) is 5.82 Å². The van der Waals surface area contributed by atoms with E-state index in [1.165, 1.54) is 18.5 Å². The summed E-state index contributed by atoms with van der Waals surface area (Å²) in [6, 6.07) is 11.4. The number of hydrogen-bond acceptors (Lipinski definition) is 8. The van der Waals surface area contributed by atoms with E-state index in [9.17, 15) is 18.0 Å². The van der Waals surface area contributed by atoms with Crippen molar-refractivity contribution in [2.45, 2.75) is 13.1 Å². The number of carbonyl (C=O) groups excluding carboxylic acids is 1. The van der Waals surface area contributed by atoms with Crippen LogP contribution in [0.5, 0.6) is 0 Å². The second-order valence-electron chi connectivity index (χ2n) is 9.42. The molecule has 13 heteroatoms. The Morgan fingerprint density at radius 3 is 2.52 bits per heavy atom. The van der Waals surface area contributed by atoms with Crippen molar-refractivity contribution in [1.29, 1.82) is 0 Å². The molecule has 10 nitrogen and oxygen atoms in total. The number of benzene rings is 2. The van der Waals surface area contributed by atoms with Crippen LogP contribution in [-0.2, 0) is 6.18 Å². The Morgan fingerprint density at radius 1 is 0.975 bits per heavy atom. The fourth-order valence-corrected chi connectivity index (χ4v) is 4.31. The first-order valence-electron chi connectivity index (χ1n) is 12.6. The number of likely N-dealkylation sites (N-methyl/N-ethyl adjacent to an activating group) is 1. The lowest BCUT2D eigenvalue weighted by Gasteiger charge is -2.32. The van der Waals surface area contributed by atoms with E-state index in [1.54, 1.807) is 42.1 Å². The highest BCUT2D eigenvalue weighted by Crippen LogP contribution is 2.31. The molecule has 1 amide bonds. The molecule has 0 spiro atoms. The monoisotopic (exact) mass is 551 g/mol. The number of amides is 1. The number of alkyl halides is 3. The van der Waals surface area contributed by atoms with Crippen molar-refractivity contribution in [3.05, 3.63) is 83.9 Å². The number of anilines is 4. The van der Waals surface area contributed by atoms with Crippen molar-refractivity contribution in [1.82, 2.24) is 29.4 Å². The minimum absolute atomic E-state index is 0.0536. The van der Waals surface area contributed by atoms with Gasteiger partial charge in [0.15, 0.2) is 0 Å². The third-order valence-corrected chi connectivity index (χ3v) is 6.59. The molecule has 208 valence electrons. The van der Waals surface area contributed by atoms with Gasteiger partial charge in [0.25, 0.3) is 5.91 Å². The molecule has 0 saturated carbocycles. The molecule has 0 unspecified atom stereocenters. The van der Waals surface area contributed by atoms with Crippen molar-refractivity contribution in [2.75, 3.05) is 49.3 Å². The van der Waals surface area contributed by atoms with E-state index < -0.39 is 17.6 Å². The summed E-state index contributed by atoms with van der Waals surface area (Å²) in [5.41, 5.74) is 4.06. The Labute approximate surface area is 228 Å². The fraction of sp³-hybridized carbons (Fsp3) is 0.259. The molecular weight excluding hydrogens is 523 g/mol. The third kappa shape index (κ3) is 6.21. The normalized spacial score (nSPS) is 14.6. The highest BCUT2D eigenvalue weighted by atomic mass is 19.4. The zero-order valence-corrected chi connectivity index (χ0v) is 21.9. The zero-order valence-electron chi connectivity index (χ0n) is 21.9. The quantitative estimate of drug-likeness (QED) is 0.307. The molecule has 1 saturated heterocycles. The maximum absolute atomic E-state index is 13.1. The number of rotatable bonds is 7. The van der Waals surface area contributed by atoms with E-state index in [4.69, 9.17) is 0 Å². The van der Waals surface area contributed by atoms with Gasteiger partial charge in [-0.1, -0.05) is 12.1 Å². The Kier molecular flexibility index (Phi) is 7.67. The predicted molar refractivity (Wildman–Crippen MR) is 146 cm³/mol. The molecule has 0 radical (unpaired) electrons. The lowest BCUT2D eigenvalue weighted by molar-refractivity contribution is -0.137. The second kappa shape index (κ2) is 11.3. The minimum atomic E-state index is -4.51. The molecule has 40 heavy (non-hydrogen) atoms. The number of carbonyl (C=O) groups is 1. The lowest BCUT2D eigenvalue weighted by Crippen LogP contribution is -2.47. The first kappa shape index (κ1) is 27.1. The molecule has 3 heterocycles. The molecule has 4 aromatic rings. The summed E-state index contributed by atoms with van der Waals surface area (Å²) in [6.07, 6.45) is 0.344. The average Bonchev–Trinajstić information content (AvgIpc) is 3.39. The maximum atomic E-state index is 13.1. The summed E-state index contributed by atoms with van der Waals surface area (Å²) >= 11 is 0. The number of imidazole rings is 1. The third-order valence-electron chi connectivity index (χ3n) is 6.59. The van der Waals surface area contributed by atoms with Gasteiger partial charge in [-0.3, -0.25) is 9.36 Å². The smallest absolute Gasteiger partial charge is 0.325 e. The molecule has 3 N–H and O–H groups in total. The first-order chi connectivity index (χ1) is 19.2. The van der Waals surface area contributed by atoms with Crippen LogP contribution in [0.25, 0.3) is 5.82 Å². The Balaban J connectivity index is 1.32. The number of hydrogen-bond donors (Lipinski definition) is 3. The number of hydrazine groups is 1. The van der Waals surface area contributed by atoms with Gasteiger partial charge in [0.05, 0.1) is 5.56 Å². The van der Waals surface area contributed by atoms with Crippen LogP contribution in [0.1, 0.15) is 21.5 Å². The molecule has 2 aromatic heterocycles. The molecule has 1 fully saturated rings. The van der Waals surface area contributed by atoms with Crippen LogP contribution < -0.4 is 16.1 Å². The summed E-state index contributed by atoms with van der Waals surface area (Å²) in [5.74, 6) is 1.17. The molecule has 5 rings (SSSR count). The van der Waals surface area contributed by atoms with Gasteiger partial charge in [0.2, 0.25) is 5.95 Å². The van der Waals surface area contributed by atoms with Gasteiger partial charge in [-0.2, -0.15) is 13.2 Å². The Morgan fingerprint density at radius 2 is 1.75 bits per heavy atom. The van der Waals surface area contributed by atoms with Crippen LogP contribution >= 0.6 is 0 Å². The van der Waals surface area contributed by atoms with Crippen LogP contribution in [0.15, 0.2) is 67.3 Å². The van der Waals surface area contributed by atoms with Gasteiger partial charge in [0.1, 0.15) is 18.0 Å². The van der Waals surface area contributed by atoms with Gasteiger partial charge < -0.3 is 21.0 Å². The molecule has 0 bridgehead atoms. The Hall–Kier alpha value is -4.49. The second-order valence-corrected chi connectivity index (χ2v) is 9.42. The molecule has 0 atom stereocenters. The first-order valence-corrected chi connectivity index (χ1v) is 12.6. The van der Waals surface area contributed by atoms with E-state index in [0.29, 0.717) is 34.4 Å². The number of halogens is 3. The van der Waals surface area contributed by atoms with E-state index in [-0.39, 0.29) is 5.69 Å². The molecular formula is C27H28F3N9O. The van der Waals surface area contributed by atoms with E-state index in [0.717, 1.165) is 38.3 Å². The van der Waals surface area contributed by atoms with Crippen LogP contribution in [0.2, 0.25) is 0 Å². The standard InChI is InChI=1S/C27H28F3N9O/c1-18-21(25(40)34-20-6-3-5-19(15-20)27(28,29)30)7-4-8-22(18)35-26-31-9-10-39(26)24-16-23(32-17-33-24)36-38-13-11-37(2)12-14-38/h3-10,15-17H,11-14H2,1-2H3,(H,31,35)(H,34,40)(H,32,33,36). The highest BCUT2D eigenvalue weighted by Gasteiger charge is 2.30.